The van der Waals surface area contributed by atoms with Gasteiger partial charge >= 0.3 is 0 Å². The summed E-state index contributed by atoms with van der Waals surface area (Å²) >= 11 is 0. The molecule has 6 heteroatoms. The molecule has 88 valence electrons. The van der Waals surface area contributed by atoms with Gasteiger partial charge in [0, 0.05) is 27.7 Å². The van der Waals surface area contributed by atoms with Crippen LogP contribution in [0.25, 0.3) is 0 Å². The SMILES string of the molecule is CC(O)[N+](C(C)O)(C(C)O)C(C)O.[Br-]. The van der Waals surface area contributed by atoms with Gasteiger partial charge in [0.2, 0.25) is 0 Å². The van der Waals surface area contributed by atoms with Gasteiger partial charge in [-0.1, -0.05) is 0 Å². The summed E-state index contributed by atoms with van der Waals surface area (Å²) in [5, 5.41) is 37.9. The highest BCUT2D eigenvalue weighted by Gasteiger charge is 2.46. The average Bonchev–Trinajstić information content (AvgIpc) is 1.82. The second-order valence-corrected chi connectivity index (χ2v) is 3.42. The normalized spacial score (nSPS) is 24.0. The first-order valence-electron chi connectivity index (χ1n) is 4.37. The van der Waals surface area contributed by atoms with Crippen molar-refractivity contribution in [3.63, 3.8) is 0 Å². The maximum atomic E-state index is 9.47. The van der Waals surface area contributed by atoms with Crippen LogP contribution >= 0.6 is 0 Å². The van der Waals surface area contributed by atoms with Crippen molar-refractivity contribution in [2.75, 3.05) is 0 Å². The summed E-state index contributed by atoms with van der Waals surface area (Å²) in [5.74, 6) is 0. The minimum Gasteiger partial charge on any atom is -1.00 e. The standard InChI is InChI=1S/C8H20NO4.BrH/c1-5(10)9(6(2)11,7(3)12)8(4)13;/h5-8,10-13H,1-4H3;1H/q+1;/p-1. The van der Waals surface area contributed by atoms with Crippen molar-refractivity contribution >= 4 is 0 Å². The predicted molar refractivity (Wildman–Crippen MR) is 47.0 cm³/mol. The molecule has 5 nitrogen and oxygen atoms in total. The molecule has 0 aromatic carbocycles. The van der Waals surface area contributed by atoms with Gasteiger partial charge in [-0.2, -0.15) is 0 Å². The van der Waals surface area contributed by atoms with E-state index in [9.17, 15) is 20.4 Å². The van der Waals surface area contributed by atoms with Crippen molar-refractivity contribution in [2.45, 2.75) is 52.6 Å². The van der Waals surface area contributed by atoms with Gasteiger partial charge in [0.1, 0.15) is 0 Å². The Labute approximate surface area is 95.0 Å². The number of aliphatic hydroxyl groups excluding tert-OH is 4. The zero-order chi connectivity index (χ0) is 10.8. The highest BCUT2D eigenvalue weighted by molar-refractivity contribution is 4.47. The molecule has 0 aromatic heterocycles. The molecule has 4 unspecified atom stereocenters. The molecule has 14 heavy (non-hydrogen) atoms. The third-order valence-electron chi connectivity index (χ3n) is 2.59. The van der Waals surface area contributed by atoms with E-state index in [-0.39, 0.29) is 17.0 Å². The molecule has 0 heterocycles. The van der Waals surface area contributed by atoms with Crippen LogP contribution < -0.4 is 17.0 Å². The number of hydrogen-bond donors (Lipinski definition) is 4. The second-order valence-electron chi connectivity index (χ2n) is 3.42. The van der Waals surface area contributed by atoms with Gasteiger partial charge in [0.05, 0.1) is 0 Å². The van der Waals surface area contributed by atoms with Crippen LogP contribution in [0.15, 0.2) is 0 Å². The summed E-state index contributed by atoms with van der Waals surface area (Å²) in [6.45, 7) is 5.69. The highest BCUT2D eigenvalue weighted by Crippen LogP contribution is 2.24. The lowest BCUT2D eigenvalue weighted by Crippen LogP contribution is -3.00. The molecule has 0 saturated carbocycles. The van der Waals surface area contributed by atoms with Gasteiger partial charge in [0.15, 0.2) is 24.9 Å². The Hall–Kier alpha value is 0.280. The van der Waals surface area contributed by atoms with E-state index in [1.54, 1.807) is 0 Å². The van der Waals surface area contributed by atoms with E-state index in [2.05, 4.69) is 0 Å². The lowest BCUT2D eigenvalue weighted by Gasteiger charge is -2.46. The van der Waals surface area contributed by atoms with E-state index < -0.39 is 29.4 Å². The Morgan fingerprint density at radius 1 is 0.643 bits per heavy atom. The number of hydrogen-bond acceptors (Lipinski definition) is 4. The molecule has 0 radical (unpaired) electrons. The minimum absolute atomic E-state index is 0. The van der Waals surface area contributed by atoms with Crippen molar-refractivity contribution in [3.05, 3.63) is 0 Å². The Kier molecular flexibility index (Phi) is 7.15. The smallest absolute Gasteiger partial charge is 0.193 e. The molecule has 0 spiro atoms. The van der Waals surface area contributed by atoms with Crippen LogP contribution in [0, 0.1) is 0 Å². The number of rotatable bonds is 4. The first-order chi connectivity index (χ1) is 5.77. The van der Waals surface area contributed by atoms with E-state index in [0.29, 0.717) is 0 Å². The van der Waals surface area contributed by atoms with Gasteiger partial charge in [0.25, 0.3) is 0 Å². The Bertz CT molecular complexity index is 124. The summed E-state index contributed by atoms with van der Waals surface area (Å²) in [4.78, 5) is 0. The fraction of sp³-hybridized carbons (Fsp3) is 1.00. The molecule has 0 rings (SSSR count). The van der Waals surface area contributed by atoms with E-state index in [4.69, 9.17) is 0 Å². The molecule has 0 aliphatic heterocycles. The number of aliphatic hydroxyl groups is 4. The van der Waals surface area contributed by atoms with Crippen molar-refractivity contribution in [2.24, 2.45) is 0 Å². The molecule has 4 atom stereocenters. The van der Waals surface area contributed by atoms with E-state index in [1.165, 1.54) is 27.7 Å². The quantitative estimate of drug-likeness (QED) is 0.313. The maximum Gasteiger partial charge on any atom is 0.193 e. The summed E-state index contributed by atoms with van der Waals surface area (Å²) in [5.41, 5.74) is 0. The van der Waals surface area contributed by atoms with Crippen LogP contribution in [-0.4, -0.2) is 49.8 Å². The van der Waals surface area contributed by atoms with Crippen LogP contribution in [0.3, 0.4) is 0 Å². The van der Waals surface area contributed by atoms with Crippen LogP contribution in [-0.2, 0) is 0 Å². The van der Waals surface area contributed by atoms with Gasteiger partial charge in [-0.25, -0.2) is 4.48 Å². The first kappa shape index (κ1) is 16.7. The third-order valence-corrected chi connectivity index (χ3v) is 2.59. The summed E-state index contributed by atoms with van der Waals surface area (Å²) < 4.78 is -0.556. The summed E-state index contributed by atoms with van der Waals surface area (Å²) in [6, 6.07) is 0. The molecule has 0 saturated heterocycles. The van der Waals surface area contributed by atoms with Gasteiger partial charge in [-0.15, -0.1) is 0 Å². The average molecular weight is 274 g/mol. The predicted octanol–water partition coefficient (Wildman–Crippen LogP) is -3.84. The lowest BCUT2D eigenvalue weighted by molar-refractivity contribution is -1.07. The zero-order valence-corrected chi connectivity index (χ0v) is 10.5. The second kappa shape index (κ2) is 5.99. The molecule has 0 fully saturated rings. The van der Waals surface area contributed by atoms with Gasteiger partial charge in [-0.3, -0.25) is 0 Å². The number of nitrogens with zero attached hydrogens (tertiary/aromatic N) is 1. The Balaban J connectivity index is 0. The molecule has 0 amide bonds. The van der Waals surface area contributed by atoms with Crippen LogP contribution in [0.2, 0.25) is 0 Å². The topological polar surface area (TPSA) is 80.9 Å². The zero-order valence-electron chi connectivity index (χ0n) is 8.92. The Morgan fingerprint density at radius 2 is 0.786 bits per heavy atom. The van der Waals surface area contributed by atoms with Crippen LogP contribution in [0.5, 0.6) is 0 Å². The van der Waals surface area contributed by atoms with Gasteiger partial charge < -0.3 is 37.4 Å². The van der Waals surface area contributed by atoms with E-state index in [1.807, 2.05) is 0 Å². The lowest BCUT2D eigenvalue weighted by atomic mass is 10.2. The number of quaternary nitrogens is 1. The van der Waals surface area contributed by atoms with E-state index in [0.717, 1.165) is 0 Å². The highest BCUT2D eigenvalue weighted by atomic mass is 79.9. The molecular formula is C8H20BrNO4. The summed E-state index contributed by atoms with van der Waals surface area (Å²) in [7, 11) is 0. The van der Waals surface area contributed by atoms with Crippen molar-refractivity contribution < 1.29 is 41.9 Å². The Morgan fingerprint density at radius 3 is 0.786 bits per heavy atom. The number of halogens is 1. The van der Waals surface area contributed by atoms with Gasteiger partial charge in [-0.05, 0) is 0 Å². The molecule has 0 aromatic rings. The largest absolute Gasteiger partial charge is 1.00 e. The molecule has 0 aliphatic carbocycles. The van der Waals surface area contributed by atoms with Crippen molar-refractivity contribution in [3.8, 4) is 0 Å². The minimum atomic E-state index is -1.04. The fourth-order valence-corrected chi connectivity index (χ4v) is 1.87. The van der Waals surface area contributed by atoms with Crippen LogP contribution in [0.4, 0.5) is 0 Å². The fourth-order valence-electron chi connectivity index (χ4n) is 1.87. The maximum absolute atomic E-state index is 9.47. The molecule has 4 N–H and O–H groups in total. The third kappa shape index (κ3) is 2.65. The molecular weight excluding hydrogens is 254 g/mol. The van der Waals surface area contributed by atoms with Crippen LogP contribution in [0.1, 0.15) is 27.7 Å². The van der Waals surface area contributed by atoms with Crippen molar-refractivity contribution in [1.82, 2.24) is 0 Å². The van der Waals surface area contributed by atoms with E-state index >= 15 is 0 Å². The summed E-state index contributed by atoms with van der Waals surface area (Å²) in [6.07, 6.45) is -4.17. The first-order valence-corrected chi connectivity index (χ1v) is 4.37. The monoisotopic (exact) mass is 273 g/mol. The molecule has 0 bridgehead atoms. The van der Waals surface area contributed by atoms with Crippen molar-refractivity contribution in [1.29, 1.82) is 0 Å². The molecule has 0 aliphatic rings.